The zero-order valence-corrected chi connectivity index (χ0v) is 12.5. The van der Waals surface area contributed by atoms with E-state index >= 15 is 0 Å². The molecule has 3 heteroatoms. The molecule has 2 N–H and O–H groups in total. The van der Waals surface area contributed by atoms with E-state index in [0.717, 1.165) is 29.7 Å². The van der Waals surface area contributed by atoms with Crippen LogP contribution in [0.5, 0.6) is 5.75 Å². The summed E-state index contributed by atoms with van der Waals surface area (Å²) < 4.78 is 5.83. The monoisotopic (exact) mass is 285 g/mol. The van der Waals surface area contributed by atoms with Crippen molar-refractivity contribution >= 4 is 17.2 Å². The average molecular weight is 285 g/mol. The molecule has 2 rings (SSSR count). The van der Waals surface area contributed by atoms with Crippen molar-refractivity contribution in [3.8, 4) is 5.75 Å². The zero-order valence-electron chi connectivity index (χ0n) is 11.6. The minimum Gasteiger partial charge on any atom is -0.493 e. The third-order valence-electron chi connectivity index (χ3n) is 3.18. The maximum absolute atomic E-state index is 5.83. The summed E-state index contributed by atoms with van der Waals surface area (Å²) in [5.41, 5.74) is 8.93. The lowest BCUT2D eigenvalue weighted by Gasteiger charge is -2.10. The fraction of sp³-hybridized carbons (Fsp3) is 0.235. The molecule has 2 aromatic rings. The molecule has 0 radical (unpaired) electrons. The van der Waals surface area contributed by atoms with Gasteiger partial charge in [0.05, 0.1) is 6.61 Å². The highest BCUT2D eigenvalue weighted by molar-refractivity contribution is 7.80. The van der Waals surface area contributed by atoms with Crippen LogP contribution < -0.4 is 10.5 Å². The summed E-state index contributed by atoms with van der Waals surface area (Å²) >= 11 is 4.99. The van der Waals surface area contributed by atoms with Gasteiger partial charge in [0.2, 0.25) is 0 Å². The summed E-state index contributed by atoms with van der Waals surface area (Å²) in [6.07, 6.45) is 2.01. The first-order valence-corrected chi connectivity index (χ1v) is 7.15. The van der Waals surface area contributed by atoms with Crippen molar-refractivity contribution in [1.29, 1.82) is 0 Å². The van der Waals surface area contributed by atoms with Crippen LogP contribution in [0.2, 0.25) is 0 Å². The van der Waals surface area contributed by atoms with E-state index in [1.54, 1.807) is 0 Å². The van der Waals surface area contributed by atoms with Crippen molar-refractivity contribution in [3.05, 3.63) is 65.2 Å². The topological polar surface area (TPSA) is 35.2 Å². The van der Waals surface area contributed by atoms with Gasteiger partial charge in [0, 0.05) is 5.56 Å². The highest BCUT2D eigenvalue weighted by Crippen LogP contribution is 2.20. The molecular formula is C17H19NOS. The van der Waals surface area contributed by atoms with Gasteiger partial charge in [-0.3, -0.25) is 0 Å². The lowest BCUT2D eigenvalue weighted by atomic mass is 10.1. The van der Waals surface area contributed by atoms with Crippen LogP contribution in [0.25, 0.3) is 0 Å². The summed E-state index contributed by atoms with van der Waals surface area (Å²) in [6.45, 7) is 2.71. The zero-order chi connectivity index (χ0) is 14.4. The highest BCUT2D eigenvalue weighted by Gasteiger charge is 2.03. The Morgan fingerprint density at radius 3 is 2.60 bits per heavy atom. The molecule has 0 bridgehead atoms. The third kappa shape index (κ3) is 4.07. The van der Waals surface area contributed by atoms with Gasteiger partial charge in [0.1, 0.15) is 10.7 Å². The number of aryl methyl sites for hydroxylation is 2. The van der Waals surface area contributed by atoms with Gasteiger partial charge in [-0.05, 0) is 37.0 Å². The van der Waals surface area contributed by atoms with Crippen molar-refractivity contribution in [2.45, 2.75) is 19.8 Å². The van der Waals surface area contributed by atoms with Crippen molar-refractivity contribution in [2.75, 3.05) is 6.61 Å². The maximum atomic E-state index is 5.83. The molecule has 0 heterocycles. The first-order valence-electron chi connectivity index (χ1n) is 6.74. The van der Waals surface area contributed by atoms with Gasteiger partial charge in [-0.2, -0.15) is 0 Å². The van der Waals surface area contributed by atoms with Gasteiger partial charge in [0.25, 0.3) is 0 Å². The van der Waals surface area contributed by atoms with Gasteiger partial charge >= 0.3 is 0 Å². The molecule has 0 spiro atoms. The number of hydrogen-bond acceptors (Lipinski definition) is 2. The number of thiocarbonyl (C=S) groups is 1. The molecule has 0 saturated carbocycles. The quantitative estimate of drug-likeness (QED) is 0.650. The van der Waals surface area contributed by atoms with Crippen LogP contribution in [-0.2, 0) is 6.42 Å². The van der Waals surface area contributed by atoms with E-state index in [0.29, 0.717) is 11.6 Å². The van der Waals surface area contributed by atoms with Crippen LogP contribution in [-0.4, -0.2) is 11.6 Å². The number of hydrogen-bond donors (Lipinski definition) is 1. The van der Waals surface area contributed by atoms with Crippen molar-refractivity contribution < 1.29 is 4.74 Å². The molecule has 0 atom stereocenters. The van der Waals surface area contributed by atoms with Gasteiger partial charge in [0.15, 0.2) is 0 Å². The summed E-state index contributed by atoms with van der Waals surface area (Å²) in [7, 11) is 0. The second-order valence-corrected chi connectivity index (χ2v) is 5.22. The predicted molar refractivity (Wildman–Crippen MR) is 87.3 cm³/mol. The smallest absolute Gasteiger partial charge is 0.122 e. The van der Waals surface area contributed by atoms with Crippen molar-refractivity contribution in [3.63, 3.8) is 0 Å². The Morgan fingerprint density at radius 2 is 1.90 bits per heavy atom. The normalized spacial score (nSPS) is 10.2. The number of benzene rings is 2. The maximum Gasteiger partial charge on any atom is 0.122 e. The van der Waals surface area contributed by atoms with Crippen LogP contribution in [0.3, 0.4) is 0 Å². The Balaban J connectivity index is 1.88. The Labute approximate surface area is 125 Å². The van der Waals surface area contributed by atoms with E-state index in [-0.39, 0.29) is 0 Å². The fourth-order valence-corrected chi connectivity index (χ4v) is 2.14. The largest absolute Gasteiger partial charge is 0.493 e. The van der Waals surface area contributed by atoms with E-state index in [4.69, 9.17) is 22.7 Å². The van der Waals surface area contributed by atoms with Gasteiger partial charge < -0.3 is 10.5 Å². The number of ether oxygens (including phenoxy) is 1. The Hall–Kier alpha value is -1.87. The van der Waals surface area contributed by atoms with E-state index < -0.39 is 0 Å². The molecule has 0 aliphatic rings. The van der Waals surface area contributed by atoms with E-state index in [9.17, 15) is 0 Å². The van der Waals surface area contributed by atoms with Gasteiger partial charge in [-0.15, -0.1) is 0 Å². The second kappa shape index (κ2) is 7.06. The first-order chi connectivity index (χ1) is 9.66. The minimum atomic E-state index is 0.402. The summed E-state index contributed by atoms with van der Waals surface area (Å²) in [5, 5.41) is 0. The molecule has 0 aromatic heterocycles. The molecule has 104 valence electrons. The predicted octanol–water partition coefficient (Wildman–Crippen LogP) is 3.64. The average Bonchev–Trinajstić information content (AvgIpc) is 2.46. The summed E-state index contributed by atoms with van der Waals surface area (Å²) in [5.74, 6) is 0.864. The Bertz CT molecular complexity index is 581. The first kappa shape index (κ1) is 14.5. The molecule has 2 aromatic carbocycles. The van der Waals surface area contributed by atoms with Crippen LogP contribution in [0.15, 0.2) is 48.5 Å². The van der Waals surface area contributed by atoms with Crippen LogP contribution >= 0.6 is 12.2 Å². The van der Waals surface area contributed by atoms with E-state index in [2.05, 4.69) is 24.3 Å². The minimum absolute atomic E-state index is 0.402. The van der Waals surface area contributed by atoms with Crippen LogP contribution in [0.4, 0.5) is 0 Å². The van der Waals surface area contributed by atoms with E-state index in [1.807, 2.05) is 31.2 Å². The van der Waals surface area contributed by atoms with Crippen molar-refractivity contribution in [2.24, 2.45) is 5.73 Å². The standard InChI is InChI=1S/C17H19NOS/c1-13-9-10-15(17(18)20)12-16(13)19-11-5-8-14-6-3-2-4-7-14/h2-4,6-7,9-10,12H,5,8,11H2,1H3,(H2,18,20). The number of nitrogens with two attached hydrogens (primary N) is 1. The fourth-order valence-electron chi connectivity index (χ4n) is 2.01. The van der Waals surface area contributed by atoms with Crippen LogP contribution in [0, 0.1) is 6.92 Å². The second-order valence-electron chi connectivity index (χ2n) is 4.78. The lowest BCUT2D eigenvalue weighted by Crippen LogP contribution is -2.10. The van der Waals surface area contributed by atoms with Gasteiger partial charge in [-0.25, -0.2) is 0 Å². The Kier molecular flexibility index (Phi) is 5.13. The molecular weight excluding hydrogens is 266 g/mol. The highest BCUT2D eigenvalue weighted by atomic mass is 32.1. The lowest BCUT2D eigenvalue weighted by molar-refractivity contribution is 0.309. The van der Waals surface area contributed by atoms with E-state index in [1.165, 1.54) is 5.56 Å². The molecule has 0 amide bonds. The molecule has 2 nitrogen and oxygen atoms in total. The summed E-state index contributed by atoms with van der Waals surface area (Å²) in [4.78, 5) is 0.402. The third-order valence-corrected chi connectivity index (χ3v) is 3.42. The van der Waals surface area contributed by atoms with Crippen molar-refractivity contribution in [1.82, 2.24) is 0 Å². The summed E-state index contributed by atoms with van der Waals surface area (Å²) in [6, 6.07) is 16.3. The molecule has 20 heavy (non-hydrogen) atoms. The Morgan fingerprint density at radius 1 is 1.15 bits per heavy atom. The van der Waals surface area contributed by atoms with Gasteiger partial charge in [-0.1, -0.05) is 54.7 Å². The molecule has 0 aliphatic carbocycles. The molecule has 0 aliphatic heterocycles. The van der Waals surface area contributed by atoms with Crippen LogP contribution in [0.1, 0.15) is 23.1 Å². The SMILES string of the molecule is Cc1ccc(C(N)=S)cc1OCCCc1ccccc1. The molecule has 0 saturated heterocycles. The number of rotatable bonds is 6. The molecule has 0 unspecified atom stereocenters. The molecule has 0 fully saturated rings.